The van der Waals surface area contributed by atoms with Crippen LogP contribution < -0.4 is 4.74 Å². The first-order valence-electron chi connectivity index (χ1n) is 10.8. The van der Waals surface area contributed by atoms with Gasteiger partial charge in [-0.25, -0.2) is 13.8 Å². The zero-order valence-electron chi connectivity index (χ0n) is 17.0. The fraction of sp³-hybridized carbons (Fsp3) is 0.360. The van der Waals surface area contributed by atoms with E-state index in [1.54, 1.807) is 0 Å². The minimum atomic E-state index is -0.566. The molecule has 6 heteroatoms. The van der Waals surface area contributed by atoms with Crippen molar-refractivity contribution in [2.75, 3.05) is 6.61 Å². The molecule has 0 radical (unpaired) electrons. The molecule has 1 saturated carbocycles. The second kappa shape index (κ2) is 8.54. The van der Waals surface area contributed by atoms with Gasteiger partial charge in [0.1, 0.15) is 11.6 Å². The maximum Gasteiger partial charge on any atom is 0.213 e. The molecule has 1 aromatic heterocycles. The van der Waals surface area contributed by atoms with Gasteiger partial charge in [0.2, 0.25) is 5.88 Å². The molecule has 2 aromatic rings. The maximum atomic E-state index is 14.1. The third-order valence-electron chi connectivity index (χ3n) is 6.19. The van der Waals surface area contributed by atoms with Crippen molar-refractivity contribution in [1.29, 1.82) is 0 Å². The summed E-state index contributed by atoms with van der Waals surface area (Å²) in [4.78, 5) is 9.06. The molecule has 0 N–H and O–H groups in total. The molecule has 1 unspecified atom stereocenters. The highest BCUT2D eigenvalue weighted by molar-refractivity contribution is 6.30. The number of hydrogen-bond donors (Lipinski definition) is 0. The van der Waals surface area contributed by atoms with Crippen LogP contribution in [0.15, 0.2) is 58.7 Å². The number of aliphatic imine (C=N–C) groups is 1. The Bertz CT molecular complexity index is 1050. The third-order valence-corrected chi connectivity index (χ3v) is 6.58. The Morgan fingerprint density at radius 1 is 1.06 bits per heavy atom. The molecule has 31 heavy (non-hydrogen) atoms. The molecule has 1 aromatic carbocycles. The van der Waals surface area contributed by atoms with Crippen molar-refractivity contribution >= 4 is 22.9 Å². The average molecular weight is 441 g/mol. The van der Waals surface area contributed by atoms with Crippen molar-refractivity contribution in [2.24, 2.45) is 16.8 Å². The maximum absolute atomic E-state index is 14.1. The van der Waals surface area contributed by atoms with Gasteiger partial charge in [-0.1, -0.05) is 23.7 Å². The average Bonchev–Trinajstić information content (AvgIpc) is 3.48. The number of benzene rings is 1. The zero-order chi connectivity index (χ0) is 21.4. The lowest BCUT2D eigenvalue weighted by Crippen LogP contribution is -2.18. The summed E-state index contributed by atoms with van der Waals surface area (Å²) in [6, 6.07) is 7.72. The Labute approximate surface area is 185 Å². The molecule has 2 aliphatic carbocycles. The molecule has 5 rings (SSSR count). The molecule has 0 amide bonds. The second-order valence-electron chi connectivity index (χ2n) is 8.45. The number of hydrogen-bond acceptors (Lipinski definition) is 3. The highest BCUT2D eigenvalue weighted by Crippen LogP contribution is 2.38. The van der Waals surface area contributed by atoms with Crippen molar-refractivity contribution in [3.63, 3.8) is 0 Å². The molecule has 160 valence electrons. The SMILES string of the molecule is Fc1cccc(F)c1C1=N[C@@H](C2CC=C(c3ccc(OCC4CC4)nc3)C=C2Cl)CC1. The summed E-state index contributed by atoms with van der Waals surface area (Å²) >= 11 is 6.64. The first-order chi connectivity index (χ1) is 15.1. The summed E-state index contributed by atoms with van der Waals surface area (Å²) in [6.45, 7) is 0.739. The van der Waals surface area contributed by atoms with Crippen LogP contribution in [0.3, 0.4) is 0 Å². The fourth-order valence-corrected chi connectivity index (χ4v) is 4.57. The van der Waals surface area contributed by atoms with Crippen molar-refractivity contribution in [2.45, 2.75) is 38.1 Å². The van der Waals surface area contributed by atoms with Gasteiger partial charge in [0.25, 0.3) is 0 Å². The molecule has 0 saturated heterocycles. The Balaban J connectivity index is 1.27. The van der Waals surface area contributed by atoms with Crippen LogP contribution in [0.5, 0.6) is 5.88 Å². The standard InChI is InChI=1S/C25H23ClF2N2O/c26-19-12-16(17-7-11-24(29-13-17)31-14-15-4-5-15)6-8-18(19)22-9-10-23(30-22)25-20(27)2-1-3-21(25)28/h1-3,6-7,11-13,15,18,22H,4-5,8-10,14H2/t18?,22-/m1/s1. The van der Waals surface area contributed by atoms with Crippen molar-refractivity contribution in [1.82, 2.24) is 4.98 Å². The third kappa shape index (κ3) is 4.42. The van der Waals surface area contributed by atoms with E-state index in [1.807, 2.05) is 24.4 Å². The monoisotopic (exact) mass is 440 g/mol. The lowest BCUT2D eigenvalue weighted by molar-refractivity contribution is 0.288. The van der Waals surface area contributed by atoms with Crippen LogP contribution in [0.1, 0.15) is 43.2 Å². The fourth-order valence-electron chi connectivity index (χ4n) is 4.22. The van der Waals surface area contributed by atoms with Crippen LogP contribution in [0.25, 0.3) is 5.57 Å². The molecule has 2 atom stereocenters. The highest BCUT2D eigenvalue weighted by Gasteiger charge is 2.31. The largest absolute Gasteiger partial charge is 0.477 e. The van der Waals surface area contributed by atoms with E-state index >= 15 is 0 Å². The smallest absolute Gasteiger partial charge is 0.213 e. The summed E-state index contributed by atoms with van der Waals surface area (Å²) in [5, 5.41) is 0.718. The number of ether oxygens (including phenoxy) is 1. The van der Waals surface area contributed by atoms with Crippen LogP contribution in [0.4, 0.5) is 8.78 Å². The Morgan fingerprint density at radius 3 is 2.55 bits per heavy atom. The molecule has 2 heterocycles. The zero-order valence-corrected chi connectivity index (χ0v) is 17.8. The summed E-state index contributed by atoms with van der Waals surface area (Å²) < 4.78 is 33.9. The lowest BCUT2D eigenvalue weighted by Gasteiger charge is -2.24. The molecule has 1 fully saturated rings. The van der Waals surface area contributed by atoms with E-state index in [1.165, 1.54) is 31.0 Å². The Morgan fingerprint density at radius 2 is 1.87 bits per heavy atom. The molecular weight excluding hydrogens is 418 g/mol. The predicted molar refractivity (Wildman–Crippen MR) is 118 cm³/mol. The summed E-state index contributed by atoms with van der Waals surface area (Å²) in [7, 11) is 0. The van der Waals surface area contributed by atoms with Crippen LogP contribution in [-0.2, 0) is 0 Å². The molecular formula is C25H23ClF2N2O. The van der Waals surface area contributed by atoms with Crippen molar-refractivity contribution in [3.05, 3.63) is 76.5 Å². The number of pyridine rings is 1. The first-order valence-corrected chi connectivity index (χ1v) is 11.1. The topological polar surface area (TPSA) is 34.5 Å². The molecule has 3 nitrogen and oxygen atoms in total. The normalized spacial score (nSPS) is 23.3. The van der Waals surface area contributed by atoms with E-state index in [4.69, 9.17) is 16.3 Å². The number of aromatic nitrogens is 1. The predicted octanol–water partition coefficient (Wildman–Crippen LogP) is 6.33. The molecule has 0 spiro atoms. The van der Waals surface area contributed by atoms with Crippen LogP contribution in [-0.4, -0.2) is 23.3 Å². The first kappa shape index (κ1) is 20.4. The Kier molecular flexibility index (Phi) is 5.61. The minimum absolute atomic E-state index is 0.00721. The van der Waals surface area contributed by atoms with Gasteiger partial charge >= 0.3 is 0 Å². The molecule has 0 bridgehead atoms. The van der Waals surface area contributed by atoms with Gasteiger partial charge in [0, 0.05) is 28.9 Å². The van der Waals surface area contributed by atoms with E-state index in [9.17, 15) is 8.78 Å². The second-order valence-corrected chi connectivity index (χ2v) is 8.89. The van der Waals surface area contributed by atoms with Gasteiger partial charge in [-0.2, -0.15) is 0 Å². The number of allylic oxidation sites excluding steroid dienone is 3. The summed E-state index contributed by atoms with van der Waals surface area (Å²) in [6.07, 6.45) is 10.4. The van der Waals surface area contributed by atoms with E-state index in [0.717, 1.165) is 35.6 Å². The van der Waals surface area contributed by atoms with Gasteiger partial charge in [0.15, 0.2) is 0 Å². The van der Waals surface area contributed by atoms with Gasteiger partial charge in [0.05, 0.1) is 18.2 Å². The van der Waals surface area contributed by atoms with E-state index in [-0.39, 0.29) is 17.5 Å². The van der Waals surface area contributed by atoms with Crippen molar-refractivity contribution in [3.8, 4) is 5.88 Å². The van der Waals surface area contributed by atoms with E-state index in [2.05, 4.69) is 16.1 Å². The molecule has 1 aliphatic heterocycles. The lowest BCUT2D eigenvalue weighted by atomic mass is 9.87. The number of nitrogens with zero attached hydrogens (tertiary/aromatic N) is 2. The van der Waals surface area contributed by atoms with E-state index in [0.29, 0.717) is 23.9 Å². The Hall–Kier alpha value is -2.53. The van der Waals surface area contributed by atoms with Crippen LogP contribution in [0.2, 0.25) is 0 Å². The summed E-state index contributed by atoms with van der Waals surface area (Å²) in [5.74, 6) is 0.225. The van der Waals surface area contributed by atoms with Gasteiger partial charge in [-0.3, -0.25) is 4.99 Å². The minimum Gasteiger partial charge on any atom is -0.477 e. The number of rotatable bonds is 6. The number of halogens is 3. The van der Waals surface area contributed by atoms with E-state index < -0.39 is 11.6 Å². The van der Waals surface area contributed by atoms with Gasteiger partial charge in [-0.05, 0) is 73.4 Å². The molecule has 3 aliphatic rings. The van der Waals surface area contributed by atoms with Crippen LogP contribution in [0, 0.1) is 23.5 Å². The highest BCUT2D eigenvalue weighted by atomic mass is 35.5. The quantitative estimate of drug-likeness (QED) is 0.526. The van der Waals surface area contributed by atoms with Gasteiger partial charge in [-0.15, -0.1) is 0 Å². The van der Waals surface area contributed by atoms with Gasteiger partial charge < -0.3 is 4.74 Å². The van der Waals surface area contributed by atoms with Crippen LogP contribution >= 0.6 is 11.6 Å². The van der Waals surface area contributed by atoms with Crippen molar-refractivity contribution < 1.29 is 13.5 Å². The summed E-state index contributed by atoms with van der Waals surface area (Å²) in [5.41, 5.74) is 2.49.